The first-order valence-electron chi connectivity index (χ1n) is 9.37. The minimum atomic E-state index is -0.239. The Balaban J connectivity index is 1.37. The van der Waals surface area contributed by atoms with Crippen molar-refractivity contribution in [3.8, 4) is 0 Å². The maximum absolute atomic E-state index is 12.5. The Kier molecular flexibility index (Phi) is 4.91. The number of rotatable bonds is 5. The number of pyridine rings is 1. The first kappa shape index (κ1) is 17.3. The van der Waals surface area contributed by atoms with E-state index in [-0.39, 0.29) is 18.0 Å². The average Bonchev–Trinajstić information content (AvgIpc) is 3.31. The normalized spacial score (nSPS) is 16.1. The van der Waals surface area contributed by atoms with Crippen LogP contribution < -0.4 is 20.9 Å². The van der Waals surface area contributed by atoms with Crippen molar-refractivity contribution in [3.63, 3.8) is 0 Å². The van der Waals surface area contributed by atoms with E-state index in [2.05, 4.69) is 25.8 Å². The summed E-state index contributed by atoms with van der Waals surface area (Å²) in [5, 5.41) is 8.47. The summed E-state index contributed by atoms with van der Waals surface area (Å²) in [5.74, 6) is 0.704. The number of benzene rings is 1. The molecule has 0 unspecified atom stereocenters. The zero-order valence-corrected chi connectivity index (χ0v) is 15.1. The molecule has 1 aliphatic heterocycles. The summed E-state index contributed by atoms with van der Waals surface area (Å²) in [4.78, 5) is 31.0. The number of hydrogen-bond acceptors (Lipinski definition) is 4. The van der Waals surface area contributed by atoms with Gasteiger partial charge >= 0.3 is 6.03 Å². The quantitative estimate of drug-likeness (QED) is 0.759. The Morgan fingerprint density at radius 3 is 2.52 bits per heavy atom. The summed E-state index contributed by atoms with van der Waals surface area (Å²) < 4.78 is 0. The van der Waals surface area contributed by atoms with Crippen LogP contribution in [0.25, 0.3) is 0 Å². The molecule has 4 rings (SSSR count). The molecule has 27 heavy (non-hydrogen) atoms. The summed E-state index contributed by atoms with van der Waals surface area (Å²) >= 11 is 0. The fourth-order valence-electron chi connectivity index (χ4n) is 3.11. The highest BCUT2D eigenvalue weighted by atomic mass is 16.2. The minimum absolute atomic E-state index is 0.239. The van der Waals surface area contributed by atoms with Crippen molar-refractivity contribution in [3.05, 3.63) is 48.2 Å². The number of aromatic nitrogens is 1. The molecule has 2 heterocycles. The van der Waals surface area contributed by atoms with Gasteiger partial charge in [-0.15, -0.1) is 0 Å². The van der Waals surface area contributed by atoms with Gasteiger partial charge in [-0.3, -0.25) is 4.79 Å². The van der Waals surface area contributed by atoms with Gasteiger partial charge in [-0.25, -0.2) is 9.78 Å². The SMILES string of the molecule is O=C(Nc1cccc(C(=O)Nc2ccc(N3CCCC3)nc2)c1)NC1CC1. The number of anilines is 3. The topological polar surface area (TPSA) is 86.4 Å². The van der Waals surface area contributed by atoms with Gasteiger partial charge in [0.2, 0.25) is 0 Å². The van der Waals surface area contributed by atoms with Crippen LogP contribution in [0.2, 0.25) is 0 Å². The summed E-state index contributed by atoms with van der Waals surface area (Å²) in [7, 11) is 0. The van der Waals surface area contributed by atoms with Crippen molar-refractivity contribution in [1.82, 2.24) is 10.3 Å². The lowest BCUT2D eigenvalue weighted by Crippen LogP contribution is -2.30. The van der Waals surface area contributed by atoms with E-state index in [9.17, 15) is 9.59 Å². The molecule has 3 N–H and O–H groups in total. The van der Waals surface area contributed by atoms with E-state index in [1.54, 1.807) is 30.5 Å². The van der Waals surface area contributed by atoms with Gasteiger partial charge in [-0.1, -0.05) is 6.07 Å². The molecule has 2 fully saturated rings. The molecule has 0 atom stereocenters. The molecule has 0 bridgehead atoms. The third-order valence-corrected chi connectivity index (χ3v) is 4.73. The van der Waals surface area contributed by atoms with Gasteiger partial charge in [0.25, 0.3) is 5.91 Å². The largest absolute Gasteiger partial charge is 0.357 e. The third kappa shape index (κ3) is 4.55. The Morgan fingerprint density at radius 2 is 1.81 bits per heavy atom. The molecule has 0 radical (unpaired) electrons. The zero-order chi connectivity index (χ0) is 18.6. The van der Waals surface area contributed by atoms with Crippen LogP contribution in [-0.2, 0) is 0 Å². The van der Waals surface area contributed by atoms with Crippen LogP contribution in [0.1, 0.15) is 36.0 Å². The molecule has 2 aromatic rings. The Bertz CT molecular complexity index is 827. The van der Waals surface area contributed by atoms with Crippen LogP contribution in [0.3, 0.4) is 0 Å². The second kappa shape index (κ2) is 7.65. The molecule has 7 heteroatoms. The third-order valence-electron chi connectivity index (χ3n) is 4.73. The van der Waals surface area contributed by atoms with Crippen molar-refractivity contribution in [1.29, 1.82) is 0 Å². The molecule has 1 aromatic heterocycles. The Morgan fingerprint density at radius 1 is 1.00 bits per heavy atom. The Labute approximate surface area is 158 Å². The maximum atomic E-state index is 12.5. The van der Waals surface area contributed by atoms with Gasteiger partial charge < -0.3 is 20.9 Å². The molecule has 2 aliphatic rings. The van der Waals surface area contributed by atoms with E-state index < -0.39 is 0 Å². The van der Waals surface area contributed by atoms with Crippen LogP contribution in [0.5, 0.6) is 0 Å². The zero-order valence-electron chi connectivity index (χ0n) is 15.1. The van der Waals surface area contributed by atoms with Gasteiger partial charge in [0.05, 0.1) is 11.9 Å². The molecule has 0 spiro atoms. The molecule has 1 aromatic carbocycles. The maximum Gasteiger partial charge on any atom is 0.319 e. The summed E-state index contributed by atoms with van der Waals surface area (Å²) in [6.07, 6.45) is 6.13. The molecule has 3 amide bonds. The number of carbonyl (C=O) groups is 2. The lowest BCUT2D eigenvalue weighted by Gasteiger charge is -2.16. The predicted octanol–water partition coefficient (Wildman–Crippen LogP) is 3.22. The van der Waals surface area contributed by atoms with E-state index in [0.717, 1.165) is 31.7 Å². The number of nitrogens with one attached hydrogen (secondary N) is 3. The lowest BCUT2D eigenvalue weighted by atomic mass is 10.2. The molecule has 1 saturated carbocycles. The number of hydrogen-bond donors (Lipinski definition) is 3. The van der Waals surface area contributed by atoms with Crippen molar-refractivity contribution in [2.24, 2.45) is 0 Å². The van der Waals surface area contributed by atoms with E-state index in [1.165, 1.54) is 12.8 Å². The number of nitrogens with zero attached hydrogens (tertiary/aromatic N) is 2. The fourth-order valence-corrected chi connectivity index (χ4v) is 3.11. The molecule has 140 valence electrons. The highest BCUT2D eigenvalue weighted by molar-refractivity contribution is 6.05. The van der Waals surface area contributed by atoms with Crippen molar-refractivity contribution in [2.45, 2.75) is 31.7 Å². The minimum Gasteiger partial charge on any atom is -0.357 e. The molecule has 7 nitrogen and oxygen atoms in total. The first-order chi connectivity index (χ1) is 13.2. The van der Waals surface area contributed by atoms with Crippen molar-refractivity contribution in [2.75, 3.05) is 28.6 Å². The van der Waals surface area contributed by atoms with Crippen LogP contribution in [0.15, 0.2) is 42.6 Å². The van der Waals surface area contributed by atoms with Crippen molar-refractivity contribution < 1.29 is 9.59 Å². The van der Waals surface area contributed by atoms with Gasteiger partial charge in [-0.2, -0.15) is 0 Å². The number of carbonyl (C=O) groups excluding carboxylic acids is 2. The van der Waals surface area contributed by atoms with Crippen LogP contribution in [-0.4, -0.2) is 36.1 Å². The van der Waals surface area contributed by atoms with Crippen molar-refractivity contribution >= 4 is 29.1 Å². The number of urea groups is 1. The smallest absolute Gasteiger partial charge is 0.319 e. The van der Waals surface area contributed by atoms with Crippen LogP contribution in [0, 0.1) is 0 Å². The average molecular weight is 365 g/mol. The van der Waals surface area contributed by atoms with E-state index in [0.29, 0.717) is 16.9 Å². The van der Waals surface area contributed by atoms with E-state index >= 15 is 0 Å². The van der Waals surface area contributed by atoms with Crippen LogP contribution in [0.4, 0.5) is 22.0 Å². The van der Waals surface area contributed by atoms with Gasteiger partial charge in [-0.05, 0) is 56.0 Å². The monoisotopic (exact) mass is 365 g/mol. The van der Waals surface area contributed by atoms with Gasteiger partial charge in [0.15, 0.2) is 0 Å². The molecule has 1 saturated heterocycles. The van der Waals surface area contributed by atoms with E-state index in [4.69, 9.17) is 0 Å². The standard InChI is InChI=1S/C20H23N5O2/c26-19(22-17-8-9-18(21-13-17)25-10-1-2-11-25)14-4-3-5-16(12-14)24-20(27)23-15-6-7-15/h3-5,8-9,12-13,15H,1-2,6-7,10-11H2,(H,22,26)(H2,23,24,27). The van der Waals surface area contributed by atoms with Gasteiger partial charge in [0, 0.05) is 30.4 Å². The van der Waals surface area contributed by atoms with Crippen LogP contribution >= 0.6 is 0 Å². The summed E-state index contributed by atoms with van der Waals surface area (Å²) in [6, 6.07) is 10.7. The summed E-state index contributed by atoms with van der Waals surface area (Å²) in [6.45, 7) is 2.07. The lowest BCUT2D eigenvalue weighted by molar-refractivity contribution is 0.102. The number of amides is 3. The highest BCUT2D eigenvalue weighted by Crippen LogP contribution is 2.20. The first-order valence-corrected chi connectivity index (χ1v) is 9.37. The molecular formula is C20H23N5O2. The predicted molar refractivity (Wildman–Crippen MR) is 105 cm³/mol. The Hall–Kier alpha value is -3.09. The molecular weight excluding hydrogens is 342 g/mol. The fraction of sp³-hybridized carbons (Fsp3) is 0.350. The van der Waals surface area contributed by atoms with Gasteiger partial charge in [0.1, 0.15) is 5.82 Å². The molecule has 1 aliphatic carbocycles. The second-order valence-electron chi connectivity index (χ2n) is 7.01. The second-order valence-corrected chi connectivity index (χ2v) is 7.01. The highest BCUT2D eigenvalue weighted by Gasteiger charge is 2.23. The summed E-state index contributed by atoms with van der Waals surface area (Å²) in [5.41, 5.74) is 1.71. The van der Waals surface area contributed by atoms with E-state index in [1.807, 2.05) is 12.1 Å².